The molecule has 0 saturated heterocycles. The fourth-order valence-electron chi connectivity index (χ4n) is 0.563. The lowest BCUT2D eigenvalue weighted by atomic mass is 10.3. The molecular weight excluding hydrogens is 249 g/mol. The van der Waals surface area contributed by atoms with E-state index in [2.05, 4.69) is 10.7 Å². The Morgan fingerprint density at radius 2 is 1.67 bits per heavy atom. The topological polar surface area (TPSA) is 77.3 Å². The lowest BCUT2D eigenvalue weighted by Crippen LogP contribution is -1.86. The first-order chi connectivity index (χ1) is 6.70. The quantitative estimate of drug-likeness (QED) is 0.436. The summed E-state index contributed by atoms with van der Waals surface area (Å²) in [5.41, 5.74) is -0.0959. The van der Waals surface area contributed by atoms with Gasteiger partial charge in [-0.15, -0.1) is 0 Å². The van der Waals surface area contributed by atoms with Gasteiger partial charge in [0.05, 0.1) is 11.2 Å². The number of nitro groups is 1. The lowest BCUT2D eigenvalue weighted by molar-refractivity contribution is -0.384. The van der Waals surface area contributed by atoms with Gasteiger partial charge < -0.3 is 0 Å². The molecule has 1 aromatic carbocycles. The van der Waals surface area contributed by atoms with Crippen LogP contribution < -0.4 is 0 Å². The van der Waals surface area contributed by atoms with Crippen LogP contribution >= 0.6 is 10.7 Å². The second-order valence-electron chi connectivity index (χ2n) is 2.42. The molecule has 84 valence electrons. The van der Waals surface area contributed by atoms with Crippen LogP contribution in [0.4, 0.5) is 10.1 Å². The molecule has 1 aromatic rings. The van der Waals surface area contributed by atoms with Crippen LogP contribution in [0, 0.1) is 15.9 Å². The first-order valence-electron chi connectivity index (χ1n) is 3.49. The van der Waals surface area contributed by atoms with E-state index in [4.69, 9.17) is 0 Å². The molecular formula is C7H7ClFNO4S. The molecule has 0 heterocycles. The summed E-state index contributed by atoms with van der Waals surface area (Å²) in [6.07, 6.45) is 0.925. The Morgan fingerprint density at radius 3 is 1.93 bits per heavy atom. The van der Waals surface area contributed by atoms with E-state index in [9.17, 15) is 22.9 Å². The van der Waals surface area contributed by atoms with E-state index >= 15 is 0 Å². The van der Waals surface area contributed by atoms with E-state index in [0.29, 0.717) is 0 Å². The SMILES string of the molecule is CS(=O)(=O)Cl.O=[N+]([O-])c1ccc(F)cc1. The van der Waals surface area contributed by atoms with Crippen LogP contribution in [-0.4, -0.2) is 19.6 Å². The maximum Gasteiger partial charge on any atom is 0.269 e. The van der Waals surface area contributed by atoms with Crippen LogP contribution in [-0.2, 0) is 9.05 Å². The van der Waals surface area contributed by atoms with E-state index in [1.807, 2.05) is 0 Å². The normalized spacial score (nSPS) is 10.1. The Bertz CT molecular complexity index is 423. The van der Waals surface area contributed by atoms with E-state index in [0.717, 1.165) is 30.5 Å². The molecule has 0 aliphatic rings. The van der Waals surface area contributed by atoms with Gasteiger partial charge in [0, 0.05) is 22.8 Å². The summed E-state index contributed by atoms with van der Waals surface area (Å²) in [5, 5.41) is 10.00. The number of hydrogen-bond donors (Lipinski definition) is 0. The molecule has 0 aliphatic heterocycles. The highest BCUT2D eigenvalue weighted by Crippen LogP contribution is 2.09. The summed E-state index contributed by atoms with van der Waals surface area (Å²) in [6.45, 7) is 0. The highest BCUT2D eigenvalue weighted by atomic mass is 35.7. The molecule has 8 heteroatoms. The largest absolute Gasteiger partial charge is 0.269 e. The second-order valence-corrected chi connectivity index (χ2v) is 5.46. The number of hydrogen-bond acceptors (Lipinski definition) is 4. The minimum Gasteiger partial charge on any atom is -0.258 e. The molecule has 5 nitrogen and oxygen atoms in total. The molecule has 0 spiro atoms. The predicted molar refractivity (Wildman–Crippen MR) is 53.8 cm³/mol. The summed E-state index contributed by atoms with van der Waals surface area (Å²) >= 11 is 0. The summed E-state index contributed by atoms with van der Waals surface area (Å²) < 4.78 is 30.9. The first kappa shape index (κ1) is 13.8. The molecule has 0 saturated carbocycles. The number of non-ortho nitro benzene ring substituents is 1. The zero-order chi connectivity index (χ0) is 12.1. The average Bonchev–Trinajstić information content (AvgIpc) is 2.01. The van der Waals surface area contributed by atoms with Crippen LogP contribution in [0.5, 0.6) is 0 Å². The summed E-state index contributed by atoms with van der Waals surface area (Å²) in [7, 11) is 1.31. The first-order valence-corrected chi connectivity index (χ1v) is 6.21. The van der Waals surface area contributed by atoms with Crippen molar-refractivity contribution < 1.29 is 17.7 Å². The van der Waals surface area contributed by atoms with Crippen molar-refractivity contribution in [3.8, 4) is 0 Å². The molecule has 0 radical (unpaired) electrons. The summed E-state index contributed by atoms with van der Waals surface area (Å²) in [5.74, 6) is -0.467. The third kappa shape index (κ3) is 9.10. The third-order valence-electron chi connectivity index (χ3n) is 1.04. The number of nitro benzene ring substituents is 1. The number of benzene rings is 1. The Labute approximate surface area is 90.1 Å². The molecule has 0 fully saturated rings. The standard InChI is InChI=1S/C6H4FNO2.CH3ClO2S/c7-5-1-3-6(4-2-5)8(9)10;1-5(2,3)4/h1-4H;1H3. The Hall–Kier alpha value is -1.21. The smallest absolute Gasteiger partial charge is 0.258 e. The van der Waals surface area contributed by atoms with Gasteiger partial charge in [0.15, 0.2) is 0 Å². The molecule has 0 atom stereocenters. The van der Waals surface area contributed by atoms with Crippen molar-refractivity contribution in [1.29, 1.82) is 0 Å². The van der Waals surface area contributed by atoms with E-state index < -0.39 is 19.8 Å². The number of nitrogens with zero attached hydrogens (tertiary/aromatic N) is 1. The van der Waals surface area contributed by atoms with Gasteiger partial charge in [0.25, 0.3) is 5.69 Å². The molecule has 0 unspecified atom stereocenters. The summed E-state index contributed by atoms with van der Waals surface area (Å²) in [4.78, 5) is 9.43. The van der Waals surface area contributed by atoms with Gasteiger partial charge in [0.2, 0.25) is 9.05 Å². The molecule has 0 N–H and O–H groups in total. The molecule has 0 aromatic heterocycles. The maximum atomic E-state index is 12.1. The minimum atomic E-state index is -3.19. The highest BCUT2D eigenvalue weighted by molar-refractivity contribution is 8.13. The van der Waals surface area contributed by atoms with Gasteiger partial charge in [-0.05, 0) is 12.1 Å². The number of halogens is 2. The Balaban J connectivity index is 0.000000336. The molecule has 0 bridgehead atoms. The van der Waals surface area contributed by atoms with Gasteiger partial charge in [-0.3, -0.25) is 10.1 Å². The second kappa shape index (κ2) is 5.62. The summed E-state index contributed by atoms with van der Waals surface area (Å²) in [6, 6.07) is 4.35. The molecule has 15 heavy (non-hydrogen) atoms. The van der Waals surface area contributed by atoms with Gasteiger partial charge in [-0.25, -0.2) is 12.8 Å². The van der Waals surface area contributed by atoms with Crippen LogP contribution in [0.15, 0.2) is 24.3 Å². The average molecular weight is 256 g/mol. The van der Waals surface area contributed by atoms with Crippen molar-refractivity contribution in [2.24, 2.45) is 0 Å². The van der Waals surface area contributed by atoms with Crippen molar-refractivity contribution in [2.45, 2.75) is 0 Å². The maximum absolute atomic E-state index is 12.1. The minimum absolute atomic E-state index is 0.0959. The van der Waals surface area contributed by atoms with Crippen LogP contribution in [0.1, 0.15) is 0 Å². The van der Waals surface area contributed by atoms with Gasteiger partial charge >= 0.3 is 0 Å². The van der Waals surface area contributed by atoms with Crippen LogP contribution in [0.3, 0.4) is 0 Å². The van der Waals surface area contributed by atoms with Crippen molar-refractivity contribution in [3.63, 3.8) is 0 Å². The van der Waals surface area contributed by atoms with E-state index in [1.165, 1.54) is 0 Å². The van der Waals surface area contributed by atoms with Gasteiger partial charge in [-0.2, -0.15) is 0 Å². The van der Waals surface area contributed by atoms with Crippen molar-refractivity contribution in [1.82, 2.24) is 0 Å². The van der Waals surface area contributed by atoms with Crippen molar-refractivity contribution in [3.05, 3.63) is 40.2 Å². The van der Waals surface area contributed by atoms with E-state index in [1.54, 1.807) is 0 Å². The fraction of sp³-hybridized carbons (Fsp3) is 0.143. The van der Waals surface area contributed by atoms with Crippen molar-refractivity contribution >= 4 is 25.4 Å². The molecule has 0 aliphatic carbocycles. The zero-order valence-corrected chi connectivity index (χ0v) is 9.13. The van der Waals surface area contributed by atoms with E-state index in [-0.39, 0.29) is 5.69 Å². The van der Waals surface area contributed by atoms with Crippen LogP contribution in [0.2, 0.25) is 0 Å². The molecule has 1 rings (SSSR count). The number of rotatable bonds is 1. The highest BCUT2D eigenvalue weighted by Gasteiger charge is 2.01. The van der Waals surface area contributed by atoms with Crippen molar-refractivity contribution in [2.75, 3.05) is 6.26 Å². The van der Waals surface area contributed by atoms with Gasteiger partial charge in [-0.1, -0.05) is 0 Å². The predicted octanol–water partition coefficient (Wildman–Crippen LogP) is 1.92. The van der Waals surface area contributed by atoms with Gasteiger partial charge in [0.1, 0.15) is 5.82 Å². The fourth-order valence-corrected chi connectivity index (χ4v) is 0.563. The lowest BCUT2D eigenvalue weighted by Gasteiger charge is -1.87. The Kier molecular flexibility index (Phi) is 5.16. The monoisotopic (exact) mass is 255 g/mol. The molecule has 0 amide bonds. The third-order valence-corrected chi connectivity index (χ3v) is 1.04. The van der Waals surface area contributed by atoms with Crippen LogP contribution in [0.25, 0.3) is 0 Å². The zero-order valence-electron chi connectivity index (χ0n) is 7.55. The Morgan fingerprint density at radius 1 is 1.33 bits per heavy atom.